The molecule has 228 valence electrons. The SMILES string of the molecule is COc1ccc(-c2cc(-c3ccc(C)cc3)nc3c(N4c5ccccc5N(c5ccccc5)c5ccccc54)cccc23)cc1OC. The van der Waals surface area contributed by atoms with Gasteiger partial charge in [0.15, 0.2) is 11.5 Å². The number of pyridine rings is 1. The average molecular weight is 612 g/mol. The normalized spacial score (nSPS) is 12.1. The first-order valence-corrected chi connectivity index (χ1v) is 15.7. The molecule has 0 spiro atoms. The maximum Gasteiger partial charge on any atom is 0.161 e. The lowest BCUT2D eigenvalue weighted by atomic mass is 9.96. The first kappa shape index (κ1) is 28.4. The first-order chi connectivity index (χ1) is 23.1. The van der Waals surface area contributed by atoms with Crippen molar-refractivity contribution in [3.8, 4) is 33.9 Å². The zero-order chi connectivity index (χ0) is 31.9. The van der Waals surface area contributed by atoms with Gasteiger partial charge in [-0.3, -0.25) is 0 Å². The molecule has 1 aliphatic rings. The summed E-state index contributed by atoms with van der Waals surface area (Å²) in [5.41, 5.74) is 12.7. The molecule has 0 atom stereocenters. The van der Waals surface area contributed by atoms with Gasteiger partial charge >= 0.3 is 0 Å². The lowest BCUT2D eigenvalue weighted by Gasteiger charge is -2.40. The van der Waals surface area contributed by atoms with E-state index in [1.807, 2.05) is 12.1 Å². The molecule has 0 saturated carbocycles. The molecule has 0 amide bonds. The van der Waals surface area contributed by atoms with E-state index in [-0.39, 0.29) is 0 Å². The van der Waals surface area contributed by atoms with E-state index in [9.17, 15) is 0 Å². The van der Waals surface area contributed by atoms with Crippen molar-refractivity contribution in [1.82, 2.24) is 4.98 Å². The molecule has 47 heavy (non-hydrogen) atoms. The van der Waals surface area contributed by atoms with Crippen molar-refractivity contribution in [2.24, 2.45) is 0 Å². The van der Waals surface area contributed by atoms with E-state index in [1.54, 1.807) is 14.2 Å². The minimum atomic E-state index is 0.683. The molecule has 1 aromatic heterocycles. The van der Waals surface area contributed by atoms with Crippen LogP contribution in [0.25, 0.3) is 33.3 Å². The second kappa shape index (κ2) is 11.7. The Bertz CT molecular complexity index is 2200. The minimum Gasteiger partial charge on any atom is -0.493 e. The number of ether oxygens (including phenoxy) is 2. The van der Waals surface area contributed by atoms with Gasteiger partial charge in [0, 0.05) is 16.6 Å². The molecule has 0 aliphatic carbocycles. The van der Waals surface area contributed by atoms with Gasteiger partial charge < -0.3 is 19.3 Å². The number of para-hydroxylation sites is 6. The van der Waals surface area contributed by atoms with Gasteiger partial charge in [0.25, 0.3) is 0 Å². The van der Waals surface area contributed by atoms with E-state index < -0.39 is 0 Å². The van der Waals surface area contributed by atoms with Crippen molar-refractivity contribution >= 4 is 45.0 Å². The Balaban J connectivity index is 1.41. The Hall–Kier alpha value is -6.07. The van der Waals surface area contributed by atoms with E-state index in [1.165, 1.54) is 5.56 Å². The summed E-state index contributed by atoms with van der Waals surface area (Å²) in [6.45, 7) is 2.11. The van der Waals surface area contributed by atoms with Gasteiger partial charge in [-0.05, 0) is 78.7 Å². The second-order valence-electron chi connectivity index (χ2n) is 11.6. The topological polar surface area (TPSA) is 37.8 Å². The third-order valence-electron chi connectivity index (χ3n) is 8.84. The summed E-state index contributed by atoms with van der Waals surface area (Å²) in [4.78, 5) is 10.1. The van der Waals surface area contributed by atoms with E-state index in [0.29, 0.717) is 11.5 Å². The van der Waals surface area contributed by atoms with Crippen molar-refractivity contribution in [3.05, 3.63) is 151 Å². The standard InChI is InChI=1S/C42H33N3O2/c1-28-20-22-29(23-21-28)34-27-33(30-24-25-40(46-2)41(26-30)47-3)32-14-11-19-39(42(32)43-34)45-37-17-9-7-15-35(37)44(31-12-5-4-6-13-31)36-16-8-10-18-38(36)45/h4-27H,1-3H3. The molecule has 8 rings (SSSR count). The Morgan fingerprint density at radius 1 is 0.489 bits per heavy atom. The van der Waals surface area contributed by atoms with Crippen molar-refractivity contribution in [2.45, 2.75) is 6.92 Å². The molecule has 0 saturated heterocycles. The number of anilines is 6. The Labute approximate surface area is 274 Å². The third kappa shape index (κ3) is 4.84. The maximum atomic E-state index is 5.73. The predicted octanol–water partition coefficient (Wildman–Crippen LogP) is 11.1. The van der Waals surface area contributed by atoms with Gasteiger partial charge in [0.05, 0.1) is 53.9 Å². The fourth-order valence-corrected chi connectivity index (χ4v) is 6.59. The molecule has 0 bridgehead atoms. The van der Waals surface area contributed by atoms with Gasteiger partial charge in [0.1, 0.15) is 0 Å². The second-order valence-corrected chi connectivity index (χ2v) is 11.6. The number of benzene rings is 6. The summed E-state index contributed by atoms with van der Waals surface area (Å²) >= 11 is 0. The van der Waals surface area contributed by atoms with Crippen LogP contribution >= 0.6 is 0 Å². The number of aryl methyl sites for hydroxylation is 1. The number of hydrogen-bond donors (Lipinski definition) is 0. The molecule has 0 N–H and O–H groups in total. The zero-order valence-corrected chi connectivity index (χ0v) is 26.5. The van der Waals surface area contributed by atoms with Gasteiger partial charge in [-0.25, -0.2) is 4.98 Å². The monoisotopic (exact) mass is 611 g/mol. The molecule has 0 unspecified atom stereocenters. The van der Waals surface area contributed by atoms with Crippen molar-refractivity contribution in [3.63, 3.8) is 0 Å². The van der Waals surface area contributed by atoms with Gasteiger partial charge in [-0.2, -0.15) is 0 Å². The molecule has 5 nitrogen and oxygen atoms in total. The molecular weight excluding hydrogens is 578 g/mol. The van der Waals surface area contributed by atoms with Gasteiger partial charge in [0.2, 0.25) is 0 Å². The highest BCUT2D eigenvalue weighted by molar-refractivity contribution is 6.09. The summed E-state index contributed by atoms with van der Waals surface area (Å²) in [5, 5.41) is 1.05. The molecule has 5 heteroatoms. The quantitative estimate of drug-likeness (QED) is 0.187. The van der Waals surface area contributed by atoms with Crippen LogP contribution in [0, 0.1) is 6.92 Å². The molecule has 6 aromatic carbocycles. The van der Waals surface area contributed by atoms with Crippen LogP contribution in [0.3, 0.4) is 0 Å². The number of methoxy groups -OCH3 is 2. The van der Waals surface area contributed by atoms with Crippen LogP contribution in [0.2, 0.25) is 0 Å². The van der Waals surface area contributed by atoms with Crippen LogP contribution in [-0.2, 0) is 0 Å². The summed E-state index contributed by atoms with van der Waals surface area (Å²) < 4.78 is 11.3. The van der Waals surface area contributed by atoms with Crippen LogP contribution in [0.1, 0.15) is 5.56 Å². The number of rotatable bonds is 6. The summed E-state index contributed by atoms with van der Waals surface area (Å²) in [7, 11) is 3.33. The lowest BCUT2D eigenvalue weighted by Crippen LogP contribution is -2.24. The molecule has 0 radical (unpaired) electrons. The number of fused-ring (bicyclic) bond motifs is 3. The first-order valence-electron chi connectivity index (χ1n) is 15.7. The summed E-state index contributed by atoms with van der Waals surface area (Å²) in [5.74, 6) is 1.38. The average Bonchev–Trinajstić information content (AvgIpc) is 3.13. The van der Waals surface area contributed by atoms with Crippen LogP contribution in [0.5, 0.6) is 11.5 Å². The zero-order valence-electron chi connectivity index (χ0n) is 26.5. The van der Waals surface area contributed by atoms with Crippen molar-refractivity contribution < 1.29 is 9.47 Å². The number of hydrogen-bond acceptors (Lipinski definition) is 5. The van der Waals surface area contributed by atoms with Gasteiger partial charge in [-0.1, -0.05) is 90.5 Å². The van der Waals surface area contributed by atoms with Crippen LogP contribution in [-0.4, -0.2) is 19.2 Å². The molecule has 2 heterocycles. The Kier molecular flexibility index (Phi) is 7.07. The van der Waals surface area contributed by atoms with E-state index in [0.717, 1.165) is 67.4 Å². The maximum absolute atomic E-state index is 5.73. The highest BCUT2D eigenvalue weighted by Gasteiger charge is 2.31. The predicted molar refractivity (Wildman–Crippen MR) is 193 cm³/mol. The smallest absolute Gasteiger partial charge is 0.161 e. The number of aromatic nitrogens is 1. The Morgan fingerprint density at radius 3 is 1.70 bits per heavy atom. The van der Waals surface area contributed by atoms with E-state index in [2.05, 4.69) is 150 Å². The fourth-order valence-electron chi connectivity index (χ4n) is 6.59. The van der Waals surface area contributed by atoms with Crippen LogP contribution < -0.4 is 19.3 Å². The summed E-state index contributed by atoms with van der Waals surface area (Å²) in [6, 6.07) is 51.1. The van der Waals surface area contributed by atoms with E-state index >= 15 is 0 Å². The highest BCUT2D eigenvalue weighted by Crippen LogP contribution is 2.55. The van der Waals surface area contributed by atoms with E-state index in [4.69, 9.17) is 14.5 Å². The van der Waals surface area contributed by atoms with Crippen molar-refractivity contribution in [2.75, 3.05) is 24.0 Å². The molecular formula is C42H33N3O2. The summed E-state index contributed by atoms with van der Waals surface area (Å²) in [6.07, 6.45) is 0. The lowest BCUT2D eigenvalue weighted by molar-refractivity contribution is 0.355. The fraction of sp³-hybridized carbons (Fsp3) is 0.0714. The van der Waals surface area contributed by atoms with Gasteiger partial charge in [-0.15, -0.1) is 0 Å². The molecule has 0 fully saturated rings. The van der Waals surface area contributed by atoms with Crippen LogP contribution in [0.15, 0.2) is 146 Å². The highest BCUT2D eigenvalue weighted by atomic mass is 16.5. The minimum absolute atomic E-state index is 0.683. The number of nitrogens with zero attached hydrogens (tertiary/aromatic N) is 3. The third-order valence-corrected chi connectivity index (χ3v) is 8.84. The van der Waals surface area contributed by atoms with Crippen molar-refractivity contribution in [1.29, 1.82) is 0 Å². The Morgan fingerprint density at radius 2 is 1.06 bits per heavy atom. The van der Waals surface area contributed by atoms with Crippen LogP contribution in [0.4, 0.5) is 34.1 Å². The molecule has 7 aromatic rings. The largest absolute Gasteiger partial charge is 0.493 e. The molecule has 1 aliphatic heterocycles.